The number of benzene rings is 2. The average molecular weight is 424 g/mol. The first-order valence-electron chi connectivity index (χ1n) is 10.7. The summed E-state index contributed by atoms with van der Waals surface area (Å²) in [5, 5.41) is 2.60. The zero-order valence-corrected chi connectivity index (χ0v) is 17.9. The summed E-state index contributed by atoms with van der Waals surface area (Å²) in [5.74, 6) is -1.20. The second kappa shape index (κ2) is 10.6. The minimum absolute atomic E-state index is 0.0634. The number of carbonyl (C=O) groups excluding carboxylic acids is 3. The fourth-order valence-corrected chi connectivity index (χ4v) is 3.71. The number of carbonyl (C=O) groups is 3. The van der Waals surface area contributed by atoms with Crippen molar-refractivity contribution in [2.24, 2.45) is 0 Å². The Bertz CT molecular complexity index is 898. The molecule has 2 N–H and O–H groups in total. The van der Waals surface area contributed by atoms with Crippen molar-refractivity contribution in [1.29, 1.82) is 0 Å². The lowest BCUT2D eigenvalue weighted by atomic mass is 9.98. The molecule has 0 bridgehead atoms. The van der Waals surface area contributed by atoms with Crippen LogP contribution in [0.2, 0.25) is 0 Å². The molecule has 0 heterocycles. The van der Waals surface area contributed by atoms with E-state index in [9.17, 15) is 14.4 Å². The van der Waals surface area contributed by atoms with E-state index < -0.39 is 24.0 Å². The number of hydrogen-bond donors (Lipinski definition) is 2. The summed E-state index contributed by atoms with van der Waals surface area (Å²) in [5.41, 5.74) is 6.63. The Hall–Kier alpha value is -3.35. The van der Waals surface area contributed by atoms with E-state index in [0.717, 1.165) is 35.1 Å². The van der Waals surface area contributed by atoms with Crippen LogP contribution < -0.4 is 10.8 Å². The van der Waals surface area contributed by atoms with Gasteiger partial charge >= 0.3 is 12.1 Å². The van der Waals surface area contributed by atoms with Crippen LogP contribution in [0, 0.1) is 0 Å². The Morgan fingerprint density at radius 1 is 0.968 bits per heavy atom. The highest BCUT2D eigenvalue weighted by Gasteiger charge is 2.29. The van der Waals surface area contributed by atoms with Crippen molar-refractivity contribution >= 4 is 18.0 Å². The summed E-state index contributed by atoms with van der Waals surface area (Å²) >= 11 is 0. The van der Waals surface area contributed by atoms with E-state index in [1.165, 1.54) is 0 Å². The molecule has 0 saturated carbocycles. The summed E-state index contributed by atoms with van der Waals surface area (Å²) in [6.45, 7) is 3.77. The second-order valence-electron chi connectivity index (χ2n) is 7.46. The van der Waals surface area contributed by atoms with E-state index >= 15 is 0 Å². The van der Waals surface area contributed by atoms with Gasteiger partial charge in [-0.3, -0.25) is 4.79 Å². The monoisotopic (exact) mass is 424 g/mol. The maximum atomic E-state index is 12.5. The van der Waals surface area contributed by atoms with Gasteiger partial charge in [-0.25, -0.2) is 9.59 Å². The molecule has 2 aromatic rings. The SMILES string of the molecule is CCCCC(NC(=O)OCC1c2ccccc2-c2ccccc21)C(=O)NOC(=O)CC. The van der Waals surface area contributed by atoms with Gasteiger partial charge in [-0.05, 0) is 28.7 Å². The molecule has 0 fully saturated rings. The van der Waals surface area contributed by atoms with Crippen LogP contribution in [0.1, 0.15) is 56.6 Å². The van der Waals surface area contributed by atoms with Gasteiger partial charge in [0.2, 0.25) is 0 Å². The van der Waals surface area contributed by atoms with Gasteiger partial charge in [0, 0.05) is 12.3 Å². The maximum absolute atomic E-state index is 12.5. The predicted molar refractivity (Wildman–Crippen MR) is 116 cm³/mol. The van der Waals surface area contributed by atoms with E-state index in [2.05, 4.69) is 27.8 Å². The smallest absolute Gasteiger partial charge is 0.407 e. The molecule has 0 aliphatic heterocycles. The van der Waals surface area contributed by atoms with Crippen molar-refractivity contribution in [2.45, 2.75) is 51.5 Å². The molecule has 2 aromatic carbocycles. The summed E-state index contributed by atoms with van der Waals surface area (Å²) in [6, 6.07) is 15.3. The van der Waals surface area contributed by atoms with Crippen molar-refractivity contribution in [3.63, 3.8) is 0 Å². The molecule has 1 unspecified atom stereocenters. The molecule has 0 saturated heterocycles. The van der Waals surface area contributed by atoms with Crippen LogP contribution in [0.25, 0.3) is 11.1 Å². The van der Waals surface area contributed by atoms with Crippen LogP contribution >= 0.6 is 0 Å². The van der Waals surface area contributed by atoms with Crippen LogP contribution in [0.4, 0.5) is 4.79 Å². The highest BCUT2D eigenvalue weighted by molar-refractivity contribution is 5.86. The Morgan fingerprint density at radius 2 is 1.58 bits per heavy atom. The predicted octanol–water partition coefficient (Wildman–Crippen LogP) is 4.07. The highest BCUT2D eigenvalue weighted by atomic mass is 16.7. The number of nitrogens with one attached hydrogen (secondary N) is 2. The fourth-order valence-electron chi connectivity index (χ4n) is 3.71. The lowest BCUT2D eigenvalue weighted by Crippen LogP contribution is -2.47. The largest absolute Gasteiger partial charge is 0.449 e. The van der Waals surface area contributed by atoms with Gasteiger partial charge in [0.05, 0.1) is 0 Å². The number of rotatable bonds is 8. The Kier molecular flexibility index (Phi) is 7.65. The lowest BCUT2D eigenvalue weighted by molar-refractivity contribution is -0.158. The standard InChI is InChI=1S/C24H28N2O5/c1-3-5-14-21(23(28)26-31-22(27)4-2)25-24(29)30-15-20-18-12-8-6-10-16(18)17-11-7-9-13-19(17)20/h6-13,20-21H,3-5,14-15H2,1-2H3,(H,25,29)(H,26,28). The van der Waals surface area contributed by atoms with E-state index in [1.807, 2.05) is 43.3 Å². The fraction of sp³-hybridized carbons (Fsp3) is 0.375. The van der Waals surface area contributed by atoms with E-state index in [0.29, 0.717) is 6.42 Å². The molecule has 2 amide bonds. The first-order valence-corrected chi connectivity index (χ1v) is 10.7. The summed E-state index contributed by atoms with van der Waals surface area (Å²) < 4.78 is 5.51. The van der Waals surface area contributed by atoms with Crippen LogP contribution in [0.15, 0.2) is 48.5 Å². The van der Waals surface area contributed by atoms with Crippen LogP contribution in [0.3, 0.4) is 0 Å². The minimum Gasteiger partial charge on any atom is -0.449 e. The third kappa shape index (κ3) is 5.42. The second-order valence-corrected chi connectivity index (χ2v) is 7.46. The number of alkyl carbamates (subject to hydrolysis) is 1. The van der Waals surface area contributed by atoms with Crippen LogP contribution in [-0.4, -0.2) is 30.6 Å². The quantitative estimate of drug-likeness (QED) is 0.623. The molecule has 7 nitrogen and oxygen atoms in total. The zero-order valence-electron chi connectivity index (χ0n) is 17.9. The van der Waals surface area contributed by atoms with Crippen molar-refractivity contribution in [2.75, 3.05) is 6.61 Å². The molecule has 3 rings (SSSR count). The molecular weight excluding hydrogens is 396 g/mol. The number of unbranched alkanes of at least 4 members (excludes halogenated alkanes) is 1. The summed E-state index contributed by atoms with van der Waals surface area (Å²) in [4.78, 5) is 40.8. The molecule has 1 aliphatic carbocycles. The zero-order chi connectivity index (χ0) is 22.2. The first kappa shape index (κ1) is 22.3. The van der Waals surface area contributed by atoms with Gasteiger partial charge in [-0.15, -0.1) is 0 Å². The lowest BCUT2D eigenvalue weighted by Gasteiger charge is -2.19. The molecule has 0 radical (unpaired) electrons. The average Bonchev–Trinajstić information content (AvgIpc) is 3.12. The molecule has 164 valence electrons. The number of ether oxygens (including phenoxy) is 1. The normalized spacial score (nSPS) is 13.0. The third-order valence-corrected chi connectivity index (χ3v) is 5.35. The van der Waals surface area contributed by atoms with Crippen LogP contribution in [0.5, 0.6) is 0 Å². The number of fused-ring (bicyclic) bond motifs is 3. The van der Waals surface area contributed by atoms with Crippen molar-refractivity contribution < 1.29 is 24.0 Å². The van der Waals surface area contributed by atoms with E-state index in [1.54, 1.807) is 6.92 Å². The summed E-state index contributed by atoms with van der Waals surface area (Å²) in [6.07, 6.45) is 1.45. The Morgan fingerprint density at radius 3 is 2.16 bits per heavy atom. The molecule has 31 heavy (non-hydrogen) atoms. The number of hydrogen-bond acceptors (Lipinski definition) is 5. The number of amides is 2. The Balaban J connectivity index is 1.62. The van der Waals surface area contributed by atoms with E-state index in [-0.39, 0.29) is 18.9 Å². The molecule has 1 aliphatic rings. The van der Waals surface area contributed by atoms with Crippen LogP contribution in [-0.2, 0) is 19.2 Å². The molecular formula is C24H28N2O5. The van der Waals surface area contributed by atoms with Crippen molar-refractivity contribution in [3.8, 4) is 11.1 Å². The van der Waals surface area contributed by atoms with Crippen molar-refractivity contribution in [1.82, 2.24) is 10.8 Å². The Labute approximate surface area is 182 Å². The van der Waals surface area contributed by atoms with E-state index in [4.69, 9.17) is 4.74 Å². The molecule has 1 atom stereocenters. The molecule has 0 spiro atoms. The first-order chi connectivity index (χ1) is 15.0. The van der Waals surface area contributed by atoms with Crippen molar-refractivity contribution in [3.05, 3.63) is 59.7 Å². The summed E-state index contributed by atoms with van der Waals surface area (Å²) in [7, 11) is 0. The topological polar surface area (TPSA) is 93.7 Å². The molecule has 0 aromatic heterocycles. The van der Waals surface area contributed by atoms with Gasteiger partial charge in [0.25, 0.3) is 5.91 Å². The van der Waals surface area contributed by atoms with Gasteiger partial charge in [-0.2, -0.15) is 5.48 Å². The van der Waals surface area contributed by atoms with Gasteiger partial charge in [-0.1, -0.05) is 75.2 Å². The highest BCUT2D eigenvalue weighted by Crippen LogP contribution is 2.44. The third-order valence-electron chi connectivity index (χ3n) is 5.35. The molecule has 7 heteroatoms. The minimum atomic E-state index is -0.847. The van der Waals surface area contributed by atoms with Gasteiger partial charge in [0.1, 0.15) is 12.6 Å². The van der Waals surface area contributed by atoms with Gasteiger partial charge in [0.15, 0.2) is 0 Å². The maximum Gasteiger partial charge on any atom is 0.407 e. The van der Waals surface area contributed by atoms with Gasteiger partial charge < -0.3 is 14.9 Å². The number of hydroxylamine groups is 1.